The van der Waals surface area contributed by atoms with E-state index in [1.807, 2.05) is 66.7 Å². The highest BCUT2D eigenvalue weighted by Crippen LogP contribution is 2.42. The lowest BCUT2D eigenvalue weighted by atomic mass is 9.99. The predicted octanol–water partition coefficient (Wildman–Crippen LogP) is 12.7. The molecular weight excluding hydrogens is 683 g/mol. The van der Waals surface area contributed by atoms with Crippen LogP contribution in [0.25, 0.3) is 100 Å². The Balaban J connectivity index is 1.35. The van der Waals surface area contributed by atoms with Gasteiger partial charge in [0.25, 0.3) is 0 Å². The van der Waals surface area contributed by atoms with Crippen LogP contribution in [0.4, 0.5) is 0 Å². The van der Waals surface area contributed by atoms with Crippen LogP contribution < -0.4 is 0 Å². The quantitative estimate of drug-likeness (QED) is 0.171. The molecule has 0 aliphatic heterocycles. The number of para-hydroxylation sites is 2. The molecule has 0 unspecified atom stereocenters. The maximum Gasteiger partial charge on any atom is 0.238 e. The second kappa shape index (κ2) is 13.0. The smallest absolute Gasteiger partial charge is 0.238 e. The minimum Gasteiger partial charge on any atom is -0.307 e. The molecule has 3 aromatic heterocycles. The van der Waals surface area contributed by atoms with Gasteiger partial charge in [0, 0.05) is 38.4 Å². The average molecular weight is 733 g/mol. The molecule has 0 saturated carbocycles. The van der Waals surface area contributed by atoms with Crippen LogP contribution in [0.3, 0.4) is 0 Å². The lowest BCUT2D eigenvalue weighted by molar-refractivity contribution is 0.953. The van der Waals surface area contributed by atoms with Crippen molar-refractivity contribution in [2.24, 2.45) is 0 Å². The first-order chi connectivity index (χ1) is 34.8. The minimum atomic E-state index is -0.764. The van der Waals surface area contributed by atoms with Gasteiger partial charge in [0.15, 0.2) is 11.6 Å². The Kier molecular flexibility index (Phi) is 4.45. The number of benzene rings is 8. The maximum absolute atomic E-state index is 9.69. The van der Waals surface area contributed by atoms with E-state index in [0.29, 0.717) is 5.69 Å². The summed E-state index contributed by atoms with van der Waals surface area (Å²) in [5.41, 5.74) is 2.90. The van der Waals surface area contributed by atoms with Crippen molar-refractivity contribution < 1.29 is 23.3 Å². The van der Waals surface area contributed by atoms with Crippen LogP contribution in [-0.4, -0.2) is 24.1 Å². The van der Waals surface area contributed by atoms with E-state index in [4.69, 9.17) is 26.4 Å². The molecule has 0 spiro atoms. The summed E-state index contributed by atoms with van der Waals surface area (Å²) in [6.07, 6.45) is 0. The van der Waals surface area contributed by atoms with Crippen molar-refractivity contribution in [2.45, 2.75) is 0 Å². The van der Waals surface area contributed by atoms with Crippen molar-refractivity contribution in [3.63, 3.8) is 0 Å². The van der Waals surface area contributed by atoms with Gasteiger partial charge in [0.1, 0.15) is 0 Å². The van der Waals surface area contributed by atoms with E-state index in [-0.39, 0.29) is 73.8 Å². The van der Waals surface area contributed by atoms with Crippen LogP contribution in [0.1, 0.15) is 23.3 Å². The molecule has 0 saturated heterocycles. The zero-order chi connectivity index (χ0) is 51.8. The summed E-state index contributed by atoms with van der Waals surface area (Å²) in [5, 5.41) is 0.153. The molecule has 262 valence electrons. The van der Waals surface area contributed by atoms with Crippen molar-refractivity contribution in [1.29, 1.82) is 0 Å². The van der Waals surface area contributed by atoms with Crippen molar-refractivity contribution in [3.8, 4) is 56.7 Å². The number of fused-ring (bicyclic) bond motifs is 7. The number of nitrogens with zero attached hydrogens (tertiary/aromatic N) is 5. The first kappa shape index (κ1) is 19.1. The van der Waals surface area contributed by atoms with E-state index in [0.717, 1.165) is 28.3 Å². The number of hydrogen-bond donors (Lipinski definition) is 0. The fourth-order valence-corrected chi connectivity index (χ4v) is 7.20. The summed E-state index contributed by atoms with van der Waals surface area (Å²) in [6, 6.07) is 19.0. The summed E-state index contributed by atoms with van der Waals surface area (Å²) in [4.78, 5) is 13.8. The monoisotopic (exact) mass is 732 g/mol. The number of aromatic nitrogens is 5. The van der Waals surface area contributed by atoms with Crippen LogP contribution in [-0.2, 0) is 0 Å². The van der Waals surface area contributed by atoms with Crippen molar-refractivity contribution in [3.05, 3.63) is 200 Å². The van der Waals surface area contributed by atoms with E-state index >= 15 is 0 Å². The number of rotatable bonds is 6. The lowest BCUT2D eigenvalue weighted by Gasteiger charge is -2.14. The van der Waals surface area contributed by atoms with Gasteiger partial charge < -0.3 is 4.57 Å². The van der Waals surface area contributed by atoms with Crippen LogP contribution in [0, 0.1) is 0 Å². The third-order valence-corrected chi connectivity index (χ3v) is 9.60. The van der Waals surface area contributed by atoms with Crippen LogP contribution in [0.2, 0.25) is 0 Å². The van der Waals surface area contributed by atoms with Crippen LogP contribution >= 0.6 is 0 Å². The molecule has 0 aliphatic rings. The molecule has 11 aromatic rings. The summed E-state index contributed by atoms with van der Waals surface area (Å²) < 4.78 is 154. The Hall–Kier alpha value is -7.63. The Labute approximate surface area is 347 Å². The van der Waals surface area contributed by atoms with Crippen molar-refractivity contribution >= 4 is 43.6 Å². The van der Waals surface area contributed by atoms with Gasteiger partial charge >= 0.3 is 0 Å². The van der Waals surface area contributed by atoms with E-state index < -0.39 is 101 Å². The molecule has 56 heavy (non-hydrogen) atoms. The highest BCUT2D eigenvalue weighted by atomic mass is 15.2. The Morgan fingerprint density at radius 3 is 1.59 bits per heavy atom. The van der Waals surface area contributed by atoms with Gasteiger partial charge in [-0.1, -0.05) is 169 Å². The van der Waals surface area contributed by atoms with Crippen LogP contribution in [0.15, 0.2) is 200 Å². The van der Waals surface area contributed by atoms with E-state index in [2.05, 4.69) is 4.98 Å². The molecule has 5 nitrogen and oxygen atoms in total. The van der Waals surface area contributed by atoms with Gasteiger partial charge in [-0.05, 0) is 52.5 Å². The number of hydrogen-bond acceptors (Lipinski definition) is 3. The normalized spacial score (nSPS) is 15.8. The fourth-order valence-electron chi connectivity index (χ4n) is 7.20. The first-order valence-corrected chi connectivity index (χ1v) is 17.5. The molecule has 5 heteroatoms. The second-order valence-electron chi connectivity index (χ2n) is 12.8. The average Bonchev–Trinajstić information content (AvgIpc) is 3.93. The molecule has 3 heterocycles. The Morgan fingerprint density at radius 1 is 0.357 bits per heavy atom. The van der Waals surface area contributed by atoms with Gasteiger partial charge in [-0.3, -0.25) is 4.57 Å². The predicted molar refractivity (Wildman–Crippen MR) is 230 cm³/mol. The summed E-state index contributed by atoms with van der Waals surface area (Å²) in [6.45, 7) is 0. The van der Waals surface area contributed by atoms with Gasteiger partial charge in [0.2, 0.25) is 5.95 Å². The van der Waals surface area contributed by atoms with Gasteiger partial charge in [0.05, 0.1) is 45.4 Å². The fraction of sp³-hybridized carbons (Fsp3) is 0. The molecule has 0 amide bonds. The molecule has 0 fully saturated rings. The van der Waals surface area contributed by atoms with E-state index in [1.54, 1.807) is 16.7 Å². The molecule has 0 aliphatic carbocycles. The summed E-state index contributed by atoms with van der Waals surface area (Å²) in [5.74, 6) is -1.75. The molecule has 11 rings (SSSR count). The summed E-state index contributed by atoms with van der Waals surface area (Å²) >= 11 is 0. The zero-order valence-electron chi connectivity index (χ0n) is 46.0. The SMILES string of the molecule is [2H]c1cc([2H])c2c(c1[2H])c1cc([2H])c3c4c([2H])c([2H])cc([2H])c4n(-c4nc(-c5c([2H])c([2H])c([2H])c([2H])c5[2H])nc(-c5c([2H])c([2H])c([2H])c([2H])c5[2H])n4)c3c1n2-c1cccc(-c2cccc(-c3ccccc3)c2)c1. The molecule has 8 aromatic carbocycles. The Morgan fingerprint density at radius 2 is 0.911 bits per heavy atom. The van der Waals surface area contributed by atoms with Gasteiger partial charge in [-0.15, -0.1) is 0 Å². The van der Waals surface area contributed by atoms with E-state index in [1.165, 1.54) is 16.7 Å². The largest absolute Gasteiger partial charge is 0.307 e. The zero-order valence-corrected chi connectivity index (χ0v) is 29.0. The highest BCUT2D eigenvalue weighted by molar-refractivity contribution is 6.23. The molecule has 0 radical (unpaired) electrons. The van der Waals surface area contributed by atoms with Gasteiger partial charge in [-0.2, -0.15) is 9.97 Å². The minimum absolute atomic E-state index is 0.0239. The molecular formula is C51H33N5. The standard InChI is InChI=1S/C51H33N5/c1-4-16-34(17-5-1)37-22-14-23-38(32-37)39-24-15-25-40(33-39)55-45-28-12-10-26-41(45)43-30-31-44-42-27-11-13-29-46(42)56(48(44)47(43)55)51-53-49(35-18-6-2-7-19-35)52-50(54-51)36-20-8-3-9-21-36/h1-33H/i2D,3D,6D,7D,8D,9D,10D,11D,18D,19D,20D,21D,26D,27D,28D,29D,31D. The first-order valence-electron chi connectivity index (χ1n) is 26.0. The van der Waals surface area contributed by atoms with Crippen LogP contribution in [0.5, 0.6) is 0 Å². The van der Waals surface area contributed by atoms with Crippen molar-refractivity contribution in [1.82, 2.24) is 24.1 Å². The second-order valence-corrected chi connectivity index (χ2v) is 12.8. The summed E-state index contributed by atoms with van der Waals surface area (Å²) in [7, 11) is 0. The maximum atomic E-state index is 9.69. The highest BCUT2D eigenvalue weighted by Gasteiger charge is 2.23. The topological polar surface area (TPSA) is 48.5 Å². The Bertz CT molecular complexity index is 4100. The third-order valence-electron chi connectivity index (χ3n) is 9.60. The van der Waals surface area contributed by atoms with Crippen molar-refractivity contribution in [2.75, 3.05) is 0 Å². The van der Waals surface area contributed by atoms with E-state index in [9.17, 15) is 6.85 Å². The molecule has 0 N–H and O–H groups in total. The lowest BCUT2D eigenvalue weighted by Crippen LogP contribution is -2.07. The molecule has 0 atom stereocenters. The molecule has 0 bridgehead atoms. The van der Waals surface area contributed by atoms with Gasteiger partial charge in [-0.25, -0.2) is 4.98 Å². The third kappa shape index (κ3) is 5.21.